The highest BCUT2D eigenvalue weighted by atomic mass is 35.5. The SMILES string of the molecule is CCNCC1CCN(C(=O)c2ccc(C(=O)N(CC)CC)cc2)CC1.Cl. The van der Waals surface area contributed by atoms with Gasteiger partial charge in [-0.05, 0) is 70.0 Å². The number of carbonyl (C=O) groups excluding carboxylic acids is 2. The molecule has 0 aliphatic carbocycles. The molecule has 146 valence electrons. The van der Waals surface area contributed by atoms with Gasteiger partial charge in [-0.1, -0.05) is 6.92 Å². The number of rotatable bonds is 7. The zero-order valence-corrected chi connectivity index (χ0v) is 17.0. The summed E-state index contributed by atoms with van der Waals surface area (Å²) < 4.78 is 0. The van der Waals surface area contributed by atoms with Gasteiger partial charge in [-0.3, -0.25) is 9.59 Å². The van der Waals surface area contributed by atoms with Gasteiger partial charge >= 0.3 is 0 Å². The van der Waals surface area contributed by atoms with Crippen LogP contribution in [-0.2, 0) is 0 Å². The van der Waals surface area contributed by atoms with Gasteiger partial charge in [-0.15, -0.1) is 12.4 Å². The fourth-order valence-corrected chi connectivity index (χ4v) is 3.32. The highest BCUT2D eigenvalue weighted by Gasteiger charge is 2.23. The Morgan fingerprint density at radius 3 is 2.08 bits per heavy atom. The van der Waals surface area contributed by atoms with E-state index in [1.165, 1.54) is 0 Å². The molecular weight excluding hydrogens is 350 g/mol. The molecule has 0 unspecified atom stereocenters. The smallest absolute Gasteiger partial charge is 0.253 e. The Bertz CT molecular complexity index is 565. The zero-order valence-electron chi connectivity index (χ0n) is 16.2. The van der Waals surface area contributed by atoms with Crippen LogP contribution in [0.15, 0.2) is 24.3 Å². The van der Waals surface area contributed by atoms with E-state index in [9.17, 15) is 9.59 Å². The van der Waals surface area contributed by atoms with Gasteiger partial charge < -0.3 is 15.1 Å². The lowest BCUT2D eigenvalue weighted by molar-refractivity contribution is 0.0688. The standard InChI is InChI=1S/C20H31N3O2.ClH/c1-4-21-15-16-11-13-23(14-12-16)20(25)18-9-7-17(8-10-18)19(24)22(5-2)6-3;/h7-10,16,21H,4-6,11-15H2,1-3H3;1H. The summed E-state index contributed by atoms with van der Waals surface area (Å²) in [4.78, 5) is 28.7. The van der Waals surface area contributed by atoms with Gasteiger partial charge in [0.1, 0.15) is 0 Å². The van der Waals surface area contributed by atoms with Gasteiger partial charge in [0.05, 0.1) is 0 Å². The van der Waals surface area contributed by atoms with Crippen LogP contribution in [0.2, 0.25) is 0 Å². The molecule has 0 radical (unpaired) electrons. The van der Waals surface area contributed by atoms with Crippen LogP contribution in [0.4, 0.5) is 0 Å². The van der Waals surface area contributed by atoms with Crippen LogP contribution in [0.1, 0.15) is 54.3 Å². The summed E-state index contributed by atoms with van der Waals surface area (Å²) in [5.41, 5.74) is 1.31. The Balaban J connectivity index is 0.00000338. The molecule has 0 spiro atoms. The van der Waals surface area contributed by atoms with Crippen LogP contribution in [0, 0.1) is 5.92 Å². The summed E-state index contributed by atoms with van der Waals surface area (Å²) in [5, 5.41) is 3.39. The number of benzene rings is 1. The Morgan fingerprint density at radius 2 is 1.58 bits per heavy atom. The third-order valence-corrected chi connectivity index (χ3v) is 5.01. The second kappa shape index (κ2) is 11.2. The van der Waals surface area contributed by atoms with E-state index in [0.717, 1.165) is 39.0 Å². The van der Waals surface area contributed by atoms with Gasteiger partial charge in [0, 0.05) is 37.3 Å². The highest BCUT2D eigenvalue weighted by molar-refractivity contribution is 5.97. The summed E-state index contributed by atoms with van der Waals surface area (Å²) in [6.07, 6.45) is 2.11. The van der Waals surface area contributed by atoms with Crippen molar-refractivity contribution in [3.63, 3.8) is 0 Å². The maximum Gasteiger partial charge on any atom is 0.253 e. The number of piperidine rings is 1. The minimum Gasteiger partial charge on any atom is -0.339 e. The molecule has 26 heavy (non-hydrogen) atoms. The summed E-state index contributed by atoms with van der Waals surface area (Å²) in [6.45, 7) is 11.1. The Kier molecular flexibility index (Phi) is 9.66. The van der Waals surface area contributed by atoms with E-state index in [1.54, 1.807) is 29.2 Å². The second-order valence-corrected chi connectivity index (χ2v) is 6.60. The van der Waals surface area contributed by atoms with Gasteiger partial charge in [0.25, 0.3) is 11.8 Å². The van der Waals surface area contributed by atoms with Crippen molar-refractivity contribution in [2.24, 2.45) is 5.92 Å². The fraction of sp³-hybridized carbons (Fsp3) is 0.600. The number of nitrogens with zero attached hydrogens (tertiary/aromatic N) is 2. The number of nitrogens with one attached hydrogen (secondary N) is 1. The highest BCUT2D eigenvalue weighted by Crippen LogP contribution is 2.19. The van der Waals surface area contributed by atoms with Gasteiger partial charge in [0.2, 0.25) is 0 Å². The van der Waals surface area contributed by atoms with E-state index in [-0.39, 0.29) is 24.2 Å². The molecule has 0 atom stereocenters. The molecule has 0 aromatic heterocycles. The molecule has 1 heterocycles. The molecule has 1 aromatic rings. The molecule has 6 heteroatoms. The van der Waals surface area contributed by atoms with Crippen molar-refractivity contribution in [3.8, 4) is 0 Å². The van der Waals surface area contributed by atoms with Crippen molar-refractivity contribution in [1.29, 1.82) is 0 Å². The topological polar surface area (TPSA) is 52.7 Å². The molecule has 1 N–H and O–H groups in total. The number of amides is 2. The van der Waals surface area contributed by atoms with E-state index < -0.39 is 0 Å². The molecular formula is C20H32ClN3O2. The molecule has 1 fully saturated rings. The Labute approximate surface area is 163 Å². The maximum absolute atomic E-state index is 12.7. The van der Waals surface area contributed by atoms with E-state index >= 15 is 0 Å². The lowest BCUT2D eigenvalue weighted by Crippen LogP contribution is -2.40. The molecule has 2 rings (SSSR count). The van der Waals surface area contributed by atoms with Crippen LogP contribution >= 0.6 is 12.4 Å². The number of halogens is 1. The van der Waals surface area contributed by atoms with Crippen molar-refractivity contribution in [3.05, 3.63) is 35.4 Å². The first kappa shape index (κ1) is 22.5. The van der Waals surface area contributed by atoms with E-state index in [2.05, 4.69) is 12.2 Å². The third-order valence-electron chi connectivity index (χ3n) is 5.01. The molecule has 1 aromatic carbocycles. The van der Waals surface area contributed by atoms with Crippen LogP contribution < -0.4 is 5.32 Å². The molecule has 1 saturated heterocycles. The summed E-state index contributed by atoms with van der Waals surface area (Å²) in [7, 11) is 0. The maximum atomic E-state index is 12.7. The predicted octanol–water partition coefficient (Wildman–Crippen LogP) is 3.05. The van der Waals surface area contributed by atoms with Crippen LogP contribution in [-0.4, -0.2) is 60.9 Å². The number of carbonyl (C=O) groups is 2. The fourth-order valence-electron chi connectivity index (χ4n) is 3.32. The quantitative estimate of drug-likeness (QED) is 0.789. The molecule has 0 saturated carbocycles. The van der Waals surface area contributed by atoms with Crippen molar-refractivity contribution in [2.45, 2.75) is 33.6 Å². The first-order valence-corrected chi connectivity index (χ1v) is 9.49. The van der Waals surface area contributed by atoms with Crippen molar-refractivity contribution in [2.75, 3.05) is 39.3 Å². The van der Waals surface area contributed by atoms with Crippen molar-refractivity contribution < 1.29 is 9.59 Å². The average molecular weight is 382 g/mol. The first-order valence-electron chi connectivity index (χ1n) is 9.49. The molecule has 1 aliphatic rings. The average Bonchev–Trinajstić information content (AvgIpc) is 2.67. The van der Waals surface area contributed by atoms with Crippen molar-refractivity contribution >= 4 is 24.2 Å². The van der Waals surface area contributed by atoms with Crippen LogP contribution in [0.3, 0.4) is 0 Å². The van der Waals surface area contributed by atoms with Gasteiger partial charge in [0.15, 0.2) is 0 Å². The second-order valence-electron chi connectivity index (χ2n) is 6.60. The minimum atomic E-state index is 0. The largest absolute Gasteiger partial charge is 0.339 e. The molecule has 2 amide bonds. The molecule has 1 aliphatic heterocycles. The normalized spacial score (nSPS) is 14.7. The molecule has 5 nitrogen and oxygen atoms in total. The summed E-state index contributed by atoms with van der Waals surface area (Å²) in [5.74, 6) is 0.759. The number of hydrogen-bond donors (Lipinski definition) is 1. The lowest BCUT2D eigenvalue weighted by atomic mass is 9.96. The Morgan fingerprint density at radius 1 is 1.04 bits per heavy atom. The zero-order chi connectivity index (χ0) is 18.2. The minimum absolute atomic E-state index is 0. The van der Waals surface area contributed by atoms with Gasteiger partial charge in [-0.2, -0.15) is 0 Å². The van der Waals surface area contributed by atoms with E-state index in [1.807, 2.05) is 18.7 Å². The lowest BCUT2D eigenvalue weighted by Gasteiger charge is -2.32. The monoisotopic (exact) mass is 381 g/mol. The summed E-state index contributed by atoms with van der Waals surface area (Å²) >= 11 is 0. The Hall–Kier alpha value is -1.59. The van der Waals surface area contributed by atoms with Gasteiger partial charge in [-0.25, -0.2) is 0 Å². The van der Waals surface area contributed by atoms with E-state index in [4.69, 9.17) is 0 Å². The number of likely N-dealkylation sites (tertiary alicyclic amines) is 1. The first-order chi connectivity index (χ1) is 12.1. The van der Waals surface area contributed by atoms with E-state index in [0.29, 0.717) is 30.1 Å². The third kappa shape index (κ3) is 5.71. The van der Waals surface area contributed by atoms with Crippen LogP contribution in [0.25, 0.3) is 0 Å². The van der Waals surface area contributed by atoms with Crippen molar-refractivity contribution in [1.82, 2.24) is 15.1 Å². The summed E-state index contributed by atoms with van der Waals surface area (Å²) in [6, 6.07) is 7.10. The number of hydrogen-bond acceptors (Lipinski definition) is 3. The predicted molar refractivity (Wildman–Crippen MR) is 108 cm³/mol. The van der Waals surface area contributed by atoms with Crippen LogP contribution in [0.5, 0.6) is 0 Å². The molecule has 0 bridgehead atoms.